The SMILES string of the molecule is c1cc2c3c(ccc(-c4nc(-n5c6ccccc6c6ccccc65)nc(-n5c6ccccc6c6ccccc65)n4)c3c1)-c1c-2c2ccccc2c2ccccc12. The second-order valence-corrected chi connectivity index (χ2v) is 14.7. The third-order valence-corrected chi connectivity index (χ3v) is 11.9. The average molecular weight is 712 g/mol. The third-order valence-electron chi connectivity index (χ3n) is 11.9. The van der Waals surface area contributed by atoms with Crippen LogP contribution in [-0.2, 0) is 0 Å². The Hall–Kier alpha value is -7.63. The molecule has 1 aliphatic rings. The summed E-state index contributed by atoms with van der Waals surface area (Å²) in [5, 5.41) is 12.1. The lowest BCUT2D eigenvalue weighted by molar-refractivity contribution is 0.893. The molecular formula is C51H29N5. The minimum Gasteiger partial charge on any atom is -0.278 e. The van der Waals surface area contributed by atoms with Gasteiger partial charge in [-0.25, -0.2) is 0 Å². The fraction of sp³-hybridized carbons (Fsp3) is 0. The molecule has 3 aromatic heterocycles. The molecule has 0 amide bonds. The Morgan fingerprint density at radius 2 is 0.625 bits per heavy atom. The first-order valence-corrected chi connectivity index (χ1v) is 19.1. The van der Waals surface area contributed by atoms with E-state index in [0.717, 1.165) is 54.6 Å². The predicted octanol–water partition coefficient (Wildman–Crippen LogP) is 12.8. The highest BCUT2D eigenvalue weighted by Crippen LogP contribution is 2.54. The predicted molar refractivity (Wildman–Crippen MR) is 231 cm³/mol. The topological polar surface area (TPSA) is 48.5 Å². The molecule has 9 aromatic carbocycles. The zero-order chi connectivity index (χ0) is 36.5. The van der Waals surface area contributed by atoms with E-state index in [-0.39, 0.29) is 0 Å². The summed E-state index contributed by atoms with van der Waals surface area (Å²) in [4.78, 5) is 16.2. The van der Waals surface area contributed by atoms with E-state index < -0.39 is 0 Å². The lowest BCUT2D eigenvalue weighted by Crippen LogP contribution is -2.10. The van der Waals surface area contributed by atoms with Gasteiger partial charge in [0.25, 0.3) is 0 Å². The molecule has 0 radical (unpaired) electrons. The molecule has 0 saturated heterocycles. The van der Waals surface area contributed by atoms with Crippen LogP contribution in [0.1, 0.15) is 0 Å². The zero-order valence-corrected chi connectivity index (χ0v) is 30.0. The van der Waals surface area contributed by atoms with Crippen molar-refractivity contribution in [1.29, 1.82) is 0 Å². The van der Waals surface area contributed by atoms with Gasteiger partial charge < -0.3 is 0 Å². The van der Waals surface area contributed by atoms with Crippen LogP contribution in [0.15, 0.2) is 176 Å². The van der Waals surface area contributed by atoms with E-state index in [1.807, 2.05) is 0 Å². The van der Waals surface area contributed by atoms with E-state index in [4.69, 9.17) is 15.0 Å². The summed E-state index contributed by atoms with van der Waals surface area (Å²) in [7, 11) is 0. The molecule has 12 aromatic rings. The number of rotatable bonds is 3. The third kappa shape index (κ3) is 3.85. The first kappa shape index (κ1) is 29.8. The quantitative estimate of drug-likeness (QED) is 0.171. The molecule has 5 nitrogen and oxygen atoms in total. The van der Waals surface area contributed by atoms with Gasteiger partial charge in [-0.05, 0) is 84.9 Å². The maximum absolute atomic E-state index is 5.42. The van der Waals surface area contributed by atoms with Crippen LogP contribution in [0, 0.1) is 0 Å². The number of nitrogens with zero attached hydrogens (tertiary/aromatic N) is 5. The van der Waals surface area contributed by atoms with Crippen LogP contribution in [0.5, 0.6) is 0 Å². The second kappa shape index (κ2) is 11.0. The van der Waals surface area contributed by atoms with Crippen molar-refractivity contribution in [3.05, 3.63) is 176 Å². The van der Waals surface area contributed by atoms with Gasteiger partial charge in [-0.1, -0.05) is 146 Å². The number of hydrogen-bond acceptors (Lipinski definition) is 3. The Bertz CT molecular complexity index is 3360. The Kier molecular flexibility index (Phi) is 5.83. The molecule has 0 bridgehead atoms. The van der Waals surface area contributed by atoms with Gasteiger partial charge in [-0.15, -0.1) is 0 Å². The van der Waals surface area contributed by atoms with Crippen molar-refractivity contribution in [1.82, 2.24) is 24.1 Å². The fourth-order valence-corrected chi connectivity index (χ4v) is 9.67. The van der Waals surface area contributed by atoms with Crippen LogP contribution in [-0.4, -0.2) is 24.1 Å². The van der Waals surface area contributed by atoms with Gasteiger partial charge in [0.1, 0.15) is 0 Å². The van der Waals surface area contributed by atoms with Crippen molar-refractivity contribution in [3.8, 4) is 45.5 Å². The number of aromatic nitrogens is 5. The summed E-state index contributed by atoms with van der Waals surface area (Å²) < 4.78 is 4.39. The molecule has 56 heavy (non-hydrogen) atoms. The van der Waals surface area contributed by atoms with Crippen LogP contribution in [0.3, 0.4) is 0 Å². The molecule has 5 heteroatoms. The molecule has 258 valence electrons. The van der Waals surface area contributed by atoms with E-state index in [1.54, 1.807) is 0 Å². The molecule has 0 fully saturated rings. The minimum absolute atomic E-state index is 0.577. The standard InChI is InChI=1S/C51H29N5/c1-3-20-36-30(14-1)31-15-2-4-21-37(31)48-41-29-28-39(38-22-13-23-40(46(38)41)47(36)48)49-52-50(55-42-24-9-5-16-32(42)33-17-6-10-25-43(33)55)54-51(53-49)56-44-26-11-7-18-34(44)35-19-8-12-27-45(35)56/h1-29H. The van der Waals surface area contributed by atoms with Gasteiger partial charge in [-0.2, -0.15) is 15.0 Å². The Labute approximate surface area is 320 Å². The zero-order valence-electron chi connectivity index (χ0n) is 30.0. The molecule has 0 aliphatic heterocycles. The molecule has 0 spiro atoms. The average Bonchev–Trinajstić information content (AvgIpc) is 3.91. The molecule has 0 saturated carbocycles. The molecule has 13 rings (SSSR count). The van der Waals surface area contributed by atoms with Gasteiger partial charge in [0, 0.05) is 27.1 Å². The summed E-state index contributed by atoms with van der Waals surface area (Å²) in [6, 6.07) is 62.9. The maximum atomic E-state index is 5.42. The van der Waals surface area contributed by atoms with Gasteiger partial charge in [-0.3, -0.25) is 9.13 Å². The van der Waals surface area contributed by atoms with Crippen LogP contribution >= 0.6 is 0 Å². The van der Waals surface area contributed by atoms with Gasteiger partial charge in [0.15, 0.2) is 5.82 Å². The van der Waals surface area contributed by atoms with E-state index >= 15 is 0 Å². The van der Waals surface area contributed by atoms with Crippen molar-refractivity contribution in [3.63, 3.8) is 0 Å². The Morgan fingerprint density at radius 3 is 1.09 bits per heavy atom. The Balaban J connectivity index is 1.15. The number of benzene rings is 9. The van der Waals surface area contributed by atoms with E-state index in [0.29, 0.717) is 17.7 Å². The number of para-hydroxylation sites is 4. The minimum atomic E-state index is 0.577. The van der Waals surface area contributed by atoms with Crippen LogP contribution in [0.25, 0.3) is 121 Å². The monoisotopic (exact) mass is 711 g/mol. The molecular weight excluding hydrogens is 683 g/mol. The molecule has 0 unspecified atom stereocenters. The van der Waals surface area contributed by atoms with Crippen LogP contribution < -0.4 is 0 Å². The van der Waals surface area contributed by atoms with Gasteiger partial charge >= 0.3 is 0 Å². The largest absolute Gasteiger partial charge is 0.278 e. The number of fused-ring (bicyclic) bond motifs is 14. The van der Waals surface area contributed by atoms with Crippen LogP contribution in [0.2, 0.25) is 0 Å². The van der Waals surface area contributed by atoms with E-state index in [1.165, 1.54) is 49.2 Å². The molecule has 0 N–H and O–H groups in total. The van der Waals surface area contributed by atoms with Crippen molar-refractivity contribution in [2.24, 2.45) is 0 Å². The van der Waals surface area contributed by atoms with Crippen LogP contribution in [0.4, 0.5) is 0 Å². The summed E-state index contributed by atoms with van der Waals surface area (Å²) in [6.45, 7) is 0. The van der Waals surface area contributed by atoms with Crippen molar-refractivity contribution < 1.29 is 0 Å². The van der Waals surface area contributed by atoms with Gasteiger partial charge in [0.2, 0.25) is 11.9 Å². The lowest BCUT2D eigenvalue weighted by atomic mass is 9.90. The highest BCUT2D eigenvalue weighted by molar-refractivity contribution is 6.31. The van der Waals surface area contributed by atoms with E-state index in [2.05, 4.69) is 185 Å². The molecule has 3 heterocycles. The summed E-state index contributed by atoms with van der Waals surface area (Å²) in [5.41, 5.74) is 10.3. The first-order chi connectivity index (χ1) is 27.8. The maximum Gasteiger partial charge on any atom is 0.240 e. The fourth-order valence-electron chi connectivity index (χ4n) is 9.67. The summed E-state index contributed by atoms with van der Waals surface area (Å²) >= 11 is 0. The summed E-state index contributed by atoms with van der Waals surface area (Å²) in [6.07, 6.45) is 0. The number of hydrogen-bond donors (Lipinski definition) is 0. The highest BCUT2D eigenvalue weighted by Gasteiger charge is 2.28. The normalized spacial score (nSPS) is 12.3. The smallest absolute Gasteiger partial charge is 0.240 e. The molecule has 1 aliphatic carbocycles. The Morgan fingerprint density at radius 1 is 0.268 bits per heavy atom. The van der Waals surface area contributed by atoms with E-state index in [9.17, 15) is 0 Å². The lowest BCUT2D eigenvalue weighted by Gasteiger charge is -2.14. The molecule has 0 atom stereocenters. The first-order valence-electron chi connectivity index (χ1n) is 19.1. The second-order valence-electron chi connectivity index (χ2n) is 14.7. The van der Waals surface area contributed by atoms with Crippen molar-refractivity contribution in [2.75, 3.05) is 0 Å². The van der Waals surface area contributed by atoms with Crippen molar-refractivity contribution in [2.45, 2.75) is 0 Å². The van der Waals surface area contributed by atoms with Gasteiger partial charge in [0.05, 0.1) is 22.1 Å². The highest BCUT2D eigenvalue weighted by atomic mass is 15.3. The van der Waals surface area contributed by atoms with Crippen molar-refractivity contribution >= 4 is 75.9 Å². The summed E-state index contributed by atoms with van der Waals surface area (Å²) in [5.74, 6) is 1.78.